The van der Waals surface area contributed by atoms with Crippen LogP contribution in [-0.2, 0) is 9.59 Å². The first-order chi connectivity index (χ1) is 7.29. The van der Waals surface area contributed by atoms with E-state index < -0.39 is 23.9 Å². The molecule has 0 aromatic carbocycles. The number of hydrogen-bond acceptors (Lipinski definition) is 4. The summed E-state index contributed by atoms with van der Waals surface area (Å²) in [5.41, 5.74) is 0. The number of hydroxylamine groups is 4. The highest BCUT2D eigenvalue weighted by Gasteiger charge is 2.47. The highest BCUT2D eigenvalue weighted by Crippen LogP contribution is 2.24. The normalized spacial score (nSPS) is 27.2. The highest BCUT2D eigenvalue weighted by atomic mass is 16.5. The minimum atomic E-state index is -1.01. The molecular formula is C10H18N2O4. The topological polar surface area (TPSA) is 81.1 Å². The average Bonchev–Trinajstić information content (AvgIpc) is 2.14. The Morgan fingerprint density at radius 2 is 1.12 bits per heavy atom. The van der Waals surface area contributed by atoms with Gasteiger partial charge in [0, 0.05) is 0 Å². The molecule has 0 radical (unpaired) electrons. The van der Waals surface area contributed by atoms with Crippen LogP contribution in [-0.4, -0.2) is 44.4 Å². The van der Waals surface area contributed by atoms with E-state index >= 15 is 0 Å². The molecule has 0 aromatic heterocycles. The first-order valence-electron chi connectivity index (χ1n) is 5.33. The van der Waals surface area contributed by atoms with Crippen LogP contribution in [0.25, 0.3) is 0 Å². The number of hydrogen-bond donors (Lipinski definition) is 2. The van der Waals surface area contributed by atoms with Gasteiger partial charge in [-0.15, -0.1) is 0 Å². The van der Waals surface area contributed by atoms with Gasteiger partial charge in [0.25, 0.3) is 11.8 Å². The van der Waals surface area contributed by atoms with Crippen molar-refractivity contribution in [1.29, 1.82) is 0 Å². The Bertz CT molecular complexity index is 273. The maximum Gasteiger partial charge on any atom is 0.272 e. The van der Waals surface area contributed by atoms with E-state index in [9.17, 15) is 20.0 Å². The zero-order valence-corrected chi connectivity index (χ0v) is 9.91. The Balaban J connectivity index is 3.04. The second kappa shape index (κ2) is 4.39. The van der Waals surface area contributed by atoms with E-state index in [4.69, 9.17) is 0 Å². The third-order valence-corrected chi connectivity index (χ3v) is 2.75. The van der Waals surface area contributed by atoms with Gasteiger partial charge in [-0.05, 0) is 11.8 Å². The van der Waals surface area contributed by atoms with Gasteiger partial charge in [-0.25, -0.2) is 10.1 Å². The maximum atomic E-state index is 11.8. The van der Waals surface area contributed by atoms with Gasteiger partial charge in [0.05, 0.1) is 0 Å². The van der Waals surface area contributed by atoms with Gasteiger partial charge in [-0.3, -0.25) is 20.0 Å². The third-order valence-electron chi connectivity index (χ3n) is 2.75. The standard InChI is InChI=1S/C10H18N2O4/c1-5(2)7-9(13)12(16)8(6(3)4)10(14)11(7)15/h5-8,15-16H,1-4H3. The van der Waals surface area contributed by atoms with Crippen LogP contribution in [0, 0.1) is 11.8 Å². The van der Waals surface area contributed by atoms with E-state index in [1.54, 1.807) is 27.7 Å². The Morgan fingerprint density at radius 1 is 0.875 bits per heavy atom. The van der Waals surface area contributed by atoms with Gasteiger partial charge in [0.2, 0.25) is 0 Å². The zero-order chi connectivity index (χ0) is 12.6. The Labute approximate surface area is 94.4 Å². The quantitative estimate of drug-likeness (QED) is 0.676. The molecular weight excluding hydrogens is 212 g/mol. The van der Waals surface area contributed by atoms with E-state index in [0.29, 0.717) is 10.1 Å². The van der Waals surface area contributed by atoms with Crippen LogP contribution < -0.4 is 0 Å². The number of carbonyl (C=O) groups excluding carboxylic acids is 2. The summed E-state index contributed by atoms with van der Waals surface area (Å²) in [6.45, 7) is 6.79. The van der Waals surface area contributed by atoms with Gasteiger partial charge in [-0.1, -0.05) is 27.7 Å². The van der Waals surface area contributed by atoms with E-state index in [0.717, 1.165) is 0 Å². The summed E-state index contributed by atoms with van der Waals surface area (Å²) in [6.07, 6.45) is 0. The fourth-order valence-corrected chi connectivity index (χ4v) is 1.89. The first kappa shape index (κ1) is 12.9. The van der Waals surface area contributed by atoms with Crippen molar-refractivity contribution >= 4 is 11.8 Å². The Morgan fingerprint density at radius 3 is 1.31 bits per heavy atom. The molecule has 0 spiro atoms. The minimum Gasteiger partial charge on any atom is -0.285 e. The molecule has 2 N–H and O–H groups in total. The summed E-state index contributed by atoms with van der Waals surface area (Å²) in [5.74, 6) is -1.81. The van der Waals surface area contributed by atoms with Crippen molar-refractivity contribution in [2.45, 2.75) is 39.8 Å². The molecule has 1 aliphatic rings. The molecule has 1 aliphatic heterocycles. The van der Waals surface area contributed by atoms with Crippen molar-refractivity contribution in [2.75, 3.05) is 0 Å². The molecule has 2 amide bonds. The molecule has 2 unspecified atom stereocenters. The molecule has 1 saturated heterocycles. The number of amides is 2. The van der Waals surface area contributed by atoms with Crippen LogP contribution in [0.5, 0.6) is 0 Å². The molecule has 16 heavy (non-hydrogen) atoms. The SMILES string of the molecule is CC(C)C1C(=O)N(O)C(C(C)C)C(=O)N1O. The van der Waals surface area contributed by atoms with E-state index in [1.807, 2.05) is 0 Å². The predicted octanol–water partition coefficient (Wildman–Crippen LogP) is 0.485. The van der Waals surface area contributed by atoms with Crippen LogP contribution in [0.4, 0.5) is 0 Å². The van der Waals surface area contributed by atoms with Crippen molar-refractivity contribution in [3.05, 3.63) is 0 Å². The summed E-state index contributed by atoms with van der Waals surface area (Å²) in [5, 5.41) is 20.2. The molecule has 6 heteroatoms. The average molecular weight is 230 g/mol. The van der Waals surface area contributed by atoms with Gasteiger partial charge < -0.3 is 0 Å². The van der Waals surface area contributed by atoms with Crippen molar-refractivity contribution in [3.8, 4) is 0 Å². The number of carbonyl (C=O) groups is 2. The molecule has 0 aliphatic carbocycles. The molecule has 6 nitrogen and oxygen atoms in total. The lowest BCUT2D eigenvalue weighted by Crippen LogP contribution is -2.65. The Hall–Kier alpha value is -1.14. The number of piperazine rings is 1. The fourth-order valence-electron chi connectivity index (χ4n) is 1.89. The monoisotopic (exact) mass is 230 g/mol. The first-order valence-corrected chi connectivity index (χ1v) is 5.33. The molecule has 92 valence electrons. The third kappa shape index (κ3) is 1.90. The van der Waals surface area contributed by atoms with Crippen molar-refractivity contribution in [1.82, 2.24) is 10.1 Å². The molecule has 0 saturated carbocycles. The summed E-state index contributed by atoms with van der Waals surface area (Å²) in [7, 11) is 0. The van der Waals surface area contributed by atoms with E-state index in [-0.39, 0.29) is 11.8 Å². The summed E-state index contributed by atoms with van der Waals surface area (Å²) in [6, 6.07) is -2.01. The molecule has 1 fully saturated rings. The highest BCUT2D eigenvalue weighted by molar-refractivity contribution is 5.95. The smallest absolute Gasteiger partial charge is 0.272 e. The Kier molecular flexibility index (Phi) is 3.54. The molecule has 2 atom stereocenters. The van der Waals surface area contributed by atoms with Crippen molar-refractivity contribution in [3.63, 3.8) is 0 Å². The lowest BCUT2D eigenvalue weighted by molar-refractivity contribution is -0.237. The van der Waals surface area contributed by atoms with Crippen LogP contribution in [0.2, 0.25) is 0 Å². The van der Waals surface area contributed by atoms with Crippen LogP contribution in [0.15, 0.2) is 0 Å². The number of rotatable bonds is 2. The maximum absolute atomic E-state index is 11.8. The summed E-state index contributed by atoms with van der Waals surface area (Å²) in [4.78, 5) is 23.5. The minimum absolute atomic E-state index is 0.260. The van der Waals surface area contributed by atoms with Crippen LogP contribution in [0.1, 0.15) is 27.7 Å². The van der Waals surface area contributed by atoms with Crippen LogP contribution in [0.3, 0.4) is 0 Å². The van der Waals surface area contributed by atoms with E-state index in [2.05, 4.69) is 0 Å². The number of nitrogens with zero attached hydrogens (tertiary/aromatic N) is 2. The molecule has 1 heterocycles. The molecule has 1 rings (SSSR count). The second-order valence-corrected chi connectivity index (χ2v) is 4.74. The van der Waals surface area contributed by atoms with Crippen LogP contribution >= 0.6 is 0 Å². The van der Waals surface area contributed by atoms with Gasteiger partial charge in [0.15, 0.2) is 0 Å². The summed E-state index contributed by atoms with van der Waals surface area (Å²) < 4.78 is 0. The van der Waals surface area contributed by atoms with Crippen molar-refractivity contribution in [2.24, 2.45) is 11.8 Å². The lowest BCUT2D eigenvalue weighted by atomic mass is 9.94. The molecule has 0 aromatic rings. The van der Waals surface area contributed by atoms with Crippen molar-refractivity contribution < 1.29 is 20.0 Å². The van der Waals surface area contributed by atoms with Gasteiger partial charge in [-0.2, -0.15) is 0 Å². The fraction of sp³-hybridized carbons (Fsp3) is 0.800. The predicted molar refractivity (Wildman–Crippen MR) is 54.5 cm³/mol. The molecule has 0 bridgehead atoms. The van der Waals surface area contributed by atoms with Gasteiger partial charge >= 0.3 is 0 Å². The zero-order valence-electron chi connectivity index (χ0n) is 9.91. The second-order valence-electron chi connectivity index (χ2n) is 4.74. The summed E-state index contributed by atoms with van der Waals surface area (Å²) >= 11 is 0. The van der Waals surface area contributed by atoms with Gasteiger partial charge in [0.1, 0.15) is 12.1 Å². The lowest BCUT2D eigenvalue weighted by Gasteiger charge is -2.41. The largest absolute Gasteiger partial charge is 0.285 e. The van der Waals surface area contributed by atoms with E-state index in [1.165, 1.54) is 0 Å².